The molecule has 20 heavy (non-hydrogen) atoms. The Labute approximate surface area is 116 Å². The van der Waals surface area contributed by atoms with E-state index in [1.54, 1.807) is 12.1 Å². The molecule has 0 radical (unpaired) electrons. The van der Waals surface area contributed by atoms with Crippen LogP contribution in [0.5, 0.6) is 0 Å². The Balaban J connectivity index is 2.33. The van der Waals surface area contributed by atoms with Crippen LogP contribution in [0.15, 0.2) is 18.2 Å². The average Bonchev–Trinajstić information content (AvgIpc) is 2.67. The minimum atomic E-state index is -4.41. The number of hydrogen-bond acceptors (Lipinski definition) is 2. The van der Waals surface area contributed by atoms with Crippen molar-refractivity contribution in [3.05, 3.63) is 29.3 Å². The number of rotatable bonds is 2. The van der Waals surface area contributed by atoms with Crippen molar-refractivity contribution in [3.63, 3.8) is 0 Å². The molecule has 2 nitrogen and oxygen atoms in total. The Morgan fingerprint density at radius 2 is 1.75 bits per heavy atom. The van der Waals surface area contributed by atoms with Crippen LogP contribution in [0.25, 0.3) is 0 Å². The van der Waals surface area contributed by atoms with Gasteiger partial charge >= 0.3 is 6.18 Å². The highest BCUT2D eigenvalue weighted by Gasteiger charge is 2.33. The van der Waals surface area contributed by atoms with E-state index in [2.05, 4.69) is 0 Å². The van der Waals surface area contributed by atoms with Crippen LogP contribution in [0.3, 0.4) is 0 Å². The van der Waals surface area contributed by atoms with Crippen molar-refractivity contribution in [2.75, 3.05) is 18.0 Å². The summed E-state index contributed by atoms with van der Waals surface area (Å²) in [5, 5.41) is 8.64. The second kappa shape index (κ2) is 6.17. The molecule has 0 amide bonds. The molecule has 0 atom stereocenters. The average molecular weight is 282 g/mol. The SMILES string of the molecule is N#CCc1ccc(N2CCCCCC2)cc1C(F)(F)F. The first-order valence-corrected chi connectivity index (χ1v) is 6.84. The molecule has 0 aromatic heterocycles. The Kier molecular flexibility index (Phi) is 4.53. The molecule has 2 rings (SSSR count). The van der Waals surface area contributed by atoms with E-state index in [0.717, 1.165) is 38.8 Å². The topological polar surface area (TPSA) is 27.0 Å². The standard InChI is InChI=1S/C15H17F3N2/c16-15(17,18)14-11-13(6-5-12(14)7-8-19)20-9-3-1-2-4-10-20/h5-6,11H,1-4,7,9-10H2. The summed E-state index contributed by atoms with van der Waals surface area (Å²) in [4.78, 5) is 2.01. The van der Waals surface area contributed by atoms with Crippen molar-refractivity contribution in [1.82, 2.24) is 0 Å². The van der Waals surface area contributed by atoms with Gasteiger partial charge in [-0.05, 0) is 30.5 Å². The number of hydrogen-bond donors (Lipinski definition) is 0. The summed E-state index contributed by atoms with van der Waals surface area (Å²) in [7, 11) is 0. The van der Waals surface area contributed by atoms with E-state index in [0.29, 0.717) is 5.69 Å². The van der Waals surface area contributed by atoms with Gasteiger partial charge in [-0.2, -0.15) is 18.4 Å². The van der Waals surface area contributed by atoms with Gasteiger partial charge in [0.15, 0.2) is 0 Å². The second-order valence-electron chi connectivity index (χ2n) is 5.08. The quantitative estimate of drug-likeness (QED) is 0.814. The third kappa shape index (κ3) is 3.44. The highest BCUT2D eigenvalue weighted by atomic mass is 19.4. The van der Waals surface area contributed by atoms with Gasteiger partial charge in [0, 0.05) is 18.8 Å². The zero-order chi connectivity index (χ0) is 14.6. The fourth-order valence-corrected chi connectivity index (χ4v) is 2.59. The molecule has 108 valence electrons. The van der Waals surface area contributed by atoms with Crippen molar-refractivity contribution < 1.29 is 13.2 Å². The first-order chi connectivity index (χ1) is 9.52. The van der Waals surface area contributed by atoms with Crippen LogP contribution < -0.4 is 4.90 Å². The number of alkyl halides is 3. The fraction of sp³-hybridized carbons (Fsp3) is 0.533. The number of nitrogens with zero attached hydrogens (tertiary/aromatic N) is 2. The minimum absolute atomic E-state index is 0.0542. The summed E-state index contributed by atoms with van der Waals surface area (Å²) in [5.74, 6) is 0. The third-order valence-electron chi connectivity index (χ3n) is 3.64. The van der Waals surface area contributed by atoms with Crippen LogP contribution in [0, 0.1) is 11.3 Å². The van der Waals surface area contributed by atoms with Crippen LogP contribution in [-0.2, 0) is 12.6 Å². The first kappa shape index (κ1) is 14.7. The molecule has 0 aliphatic carbocycles. The lowest BCUT2D eigenvalue weighted by Crippen LogP contribution is -2.24. The van der Waals surface area contributed by atoms with E-state index in [1.807, 2.05) is 4.90 Å². The molecule has 0 bridgehead atoms. The monoisotopic (exact) mass is 282 g/mol. The first-order valence-electron chi connectivity index (χ1n) is 6.84. The Morgan fingerprint density at radius 3 is 2.30 bits per heavy atom. The van der Waals surface area contributed by atoms with Crippen LogP contribution >= 0.6 is 0 Å². The summed E-state index contributed by atoms with van der Waals surface area (Å²) in [5.41, 5.74) is -0.0136. The van der Waals surface area contributed by atoms with Crippen molar-refractivity contribution in [1.29, 1.82) is 5.26 Å². The molecule has 1 aliphatic heterocycles. The lowest BCUT2D eigenvalue weighted by molar-refractivity contribution is -0.138. The number of benzene rings is 1. The zero-order valence-corrected chi connectivity index (χ0v) is 11.2. The van der Waals surface area contributed by atoms with E-state index >= 15 is 0 Å². The Hall–Kier alpha value is -1.70. The lowest BCUT2D eigenvalue weighted by Gasteiger charge is -2.24. The molecule has 1 saturated heterocycles. The molecule has 5 heteroatoms. The normalized spacial score (nSPS) is 16.6. The molecule has 0 unspecified atom stereocenters. The lowest BCUT2D eigenvalue weighted by atomic mass is 10.0. The molecular formula is C15H17F3N2. The zero-order valence-electron chi connectivity index (χ0n) is 11.2. The minimum Gasteiger partial charge on any atom is -0.372 e. The van der Waals surface area contributed by atoms with Gasteiger partial charge in [0.05, 0.1) is 18.1 Å². The fourth-order valence-electron chi connectivity index (χ4n) is 2.59. The molecule has 0 saturated carbocycles. The van der Waals surface area contributed by atoms with E-state index < -0.39 is 11.7 Å². The van der Waals surface area contributed by atoms with Crippen molar-refractivity contribution in [3.8, 4) is 6.07 Å². The van der Waals surface area contributed by atoms with E-state index in [1.165, 1.54) is 12.1 Å². The van der Waals surface area contributed by atoms with E-state index in [9.17, 15) is 13.2 Å². The van der Waals surface area contributed by atoms with Crippen LogP contribution in [0.1, 0.15) is 36.8 Å². The van der Waals surface area contributed by atoms with E-state index in [4.69, 9.17) is 5.26 Å². The van der Waals surface area contributed by atoms with Gasteiger partial charge < -0.3 is 4.90 Å². The summed E-state index contributed by atoms with van der Waals surface area (Å²) < 4.78 is 39.2. The largest absolute Gasteiger partial charge is 0.416 e. The molecule has 1 fully saturated rings. The highest BCUT2D eigenvalue weighted by molar-refractivity contribution is 5.52. The van der Waals surface area contributed by atoms with Gasteiger partial charge in [0.1, 0.15) is 0 Å². The molecule has 1 aromatic rings. The Bertz CT molecular complexity index is 495. The maximum absolute atomic E-state index is 13.1. The molecule has 0 N–H and O–H groups in total. The van der Waals surface area contributed by atoms with Crippen LogP contribution in [0.4, 0.5) is 18.9 Å². The van der Waals surface area contributed by atoms with Crippen molar-refractivity contribution in [2.45, 2.75) is 38.3 Å². The van der Waals surface area contributed by atoms with Gasteiger partial charge in [0.25, 0.3) is 0 Å². The maximum Gasteiger partial charge on any atom is 0.416 e. The van der Waals surface area contributed by atoms with Crippen molar-refractivity contribution >= 4 is 5.69 Å². The van der Waals surface area contributed by atoms with Gasteiger partial charge in [0.2, 0.25) is 0 Å². The molecular weight excluding hydrogens is 265 g/mol. The summed E-state index contributed by atoms with van der Waals surface area (Å²) in [6.07, 6.45) is -0.323. The predicted octanol–water partition coefficient (Wildman–Crippen LogP) is 4.15. The summed E-state index contributed by atoms with van der Waals surface area (Å²) in [6, 6.07) is 6.12. The van der Waals surface area contributed by atoms with Gasteiger partial charge in [-0.3, -0.25) is 0 Å². The molecule has 1 aromatic carbocycles. The highest BCUT2D eigenvalue weighted by Crippen LogP contribution is 2.35. The number of anilines is 1. The van der Waals surface area contributed by atoms with Crippen LogP contribution in [0.2, 0.25) is 0 Å². The maximum atomic E-state index is 13.1. The molecule has 1 heterocycles. The number of nitriles is 1. The predicted molar refractivity (Wildman–Crippen MR) is 71.4 cm³/mol. The van der Waals surface area contributed by atoms with Gasteiger partial charge in [-0.15, -0.1) is 0 Å². The summed E-state index contributed by atoms with van der Waals surface area (Å²) >= 11 is 0. The second-order valence-corrected chi connectivity index (χ2v) is 5.08. The van der Waals surface area contributed by atoms with Gasteiger partial charge in [-0.25, -0.2) is 0 Å². The third-order valence-corrected chi connectivity index (χ3v) is 3.64. The van der Waals surface area contributed by atoms with Gasteiger partial charge in [-0.1, -0.05) is 18.9 Å². The number of halogens is 3. The van der Waals surface area contributed by atoms with Crippen molar-refractivity contribution in [2.24, 2.45) is 0 Å². The summed E-state index contributed by atoms with van der Waals surface area (Å²) in [6.45, 7) is 1.60. The van der Waals surface area contributed by atoms with Crippen LogP contribution in [-0.4, -0.2) is 13.1 Å². The Morgan fingerprint density at radius 1 is 1.10 bits per heavy atom. The smallest absolute Gasteiger partial charge is 0.372 e. The molecule has 0 spiro atoms. The molecule has 1 aliphatic rings. The van der Waals surface area contributed by atoms with E-state index in [-0.39, 0.29) is 12.0 Å².